The molecule has 0 aliphatic carbocycles. The molecule has 2 aliphatic rings. The lowest BCUT2D eigenvalue weighted by atomic mass is 10.1. The summed E-state index contributed by atoms with van der Waals surface area (Å²) in [4.78, 5) is 43.6. The van der Waals surface area contributed by atoms with Gasteiger partial charge in [0.25, 0.3) is 11.9 Å². The summed E-state index contributed by atoms with van der Waals surface area (Å²) in [6, 6.07) is 0. The van der Waals surface area contributed by atoms with Gasteiger partial charge < -0.3 is 33.3 Å². The first-order valence-corrected chi connectivity index (χ1v) is 17.7. The monoisotopic (exact) mass is 643 g/mol. The van der Waals surface area contributed by atoms with Crippen LogP contribution in [0.25, 0.3) is 0 Å². The van der Waals surface area contributed by atoms with Gasteiger partial charge in [-0.3, -0.25) is 19.2 Å². The molecule has 11 nitrogen and oxygen atoms in total. The van der Waals surface area contributed by atoms with Gasteiger partial charge in [0.15, 0.2) is 0 Å². The Morgan fingerprint density at radius 2 is 0.867 bits per heavy atom. The second kappa shape index (κ2) is 23.2. The predicted octanol–water partition coefficient (Wildman–Crippen LogP) is 6.77. The normalized spacial score (nSPS) is 18.8. The lowest BCUT2D eigenvalue weighted by Crippen LogP contribution is -2.46. The van der Waals surface area contributed by atoms with Crippen LogP contribution in [0.2, 0.25) is 0 Å². The topological polar surface area (TPSA) is 146 Å². The number of hydrogen-bond acceptors (Lipinski definition) is 8. The van der Waals surface area contributed by atoms with Crippen LogP contribution < -0.4 is 0 Å². The second-order valence-electron chi connectivity index (χ2n) is 13.0. The van der Waals surface area contributed by atoms with Gasteiger partial charge in [-0.15, -0.1) is 0 Å². The number of aliphatic carboxylic acids is 2. The number of carbonyl (C=O) groups is 4. The van der Waals surface area contributed by atoms with Crippen LogP contribution in [0.3, 0.4) is 0 Å². The van der Waals surface area contributed by atoms with Crippen LogP contribution >= 0.6 is 0 Å². The van der Waals surface area contributed by atoms with Gasteiger partial charge in [-0.05, 0) is 38.5 Å². The zero-order chi connectivity index (χ0) is 33.6. The van der Waals surface area contributed by atoms with Crippen LogP contribution in [0.15, 0.2) is 0 Å². The molecule has 2 fully saturated rings. The summed E-state index contributed by atoms with van der Waals surface area (Å²) in [6.07, 6.45) is 21.6. The minimum Gasteiger partial charge on any atom is -0.606 e. The molecule has 0 amide bonds. The van der Waals surface area contributed by atoms with Gasteiger partial charge in [-0.1, -0.05) is 97.8 Å². The van der Waals surface area contributed by atoms with Gasteiger partial charge in [-0.2, -0.15) is 0 Å². The lowest BCUT2D eigenvalue weighted by Gasteiger charge is -2.35. The molecule has 0 aromatic rings. The van der Waals surface area contributed by atoms with Crippen molar-refractivity contribution in [1.82, 2.24) is 0 Å². The lowest BCUT2D eigenvalue weighted by molar-refractivity contribution is -0.910. The summed E-state index contributed by atoms with van der Waals surface area (Å²) in [6.45, 7) is 8.02. The molecule has 0 aromatic heterocycles. The van der Waals surface area contributed by atoms with E-state index in [-0.39, 0.29) is 0 Å². The third kappa shape index (κ3) is 17.9. The minimum absolute atomic E-state index is 0.688. The Morgan fingerprint density at radius 1 is 0.578 bits per heavy atom. The highest BCUT2D eigenvalue weighted by atomic mass is 16.9. The number of hydrogen-bond donors (Lipinski definition) is 2. The molecular formula is C33H62BNO10. The van der Waals surface area contributed by atoms with Crippen molar-refractivity contribution in [1.29, 1.82) is 0 Å². The van der Waals surface area contributed by atoms with Gasteiger partial charge in [0.05, 0.1) is 39.5 Å². The maximum absolute atomic E-state index is 11.3. The molecule has 0 aromatic carbocycles. The molecular weight excluding hydrogens is 581 g/mol. The zero-order valence-corrected chi connectivity index (χ0v) is 28.6. The molecule has 0 unspecified atom stereocenters. The third-order valence-corrected chi connectivity index (χ3v) is 8.58. The van der Waals surface area contributed by atoms with E-state index >= 15 is 0 Å². The Labute approximate surface area is 271 Å². The van der Waals surface area contributed by atoms with Crippen molar-refractivity contribution in [3.8, 4) is 0 Å². The molecule has 2 N–H and O–H groups in total. The van der Waals surface area contributed by atoms with Crippen LogP contribution in [-0.2, 0) is 37.8 Å². The molecule has 2 aliphatic heterocycles. The summed E-state index contributed by atoms with van der Waals surface area (Å²) in [5.41, 5.74) is 0. The molecule has 2 saturated heterocycles. The van der Waals surface area contributed by atoms with Gasteiger partial charge in [0, 0.05) is 0 Å². The molecule has 45 heavy (non-hydrogen) atoms. The highest BCUT2D eigenvalue weighted by Crippen LogP contribution is 2.32. The molecule has 2 rings (SSSR count). The van der Waals surface area contributed by atoms with E-state index in [0.29, 0.717) is 0 Å². The fourth-order valence-electron chi connectivity index (χ4n) is 5.85. The first-order chi connectivity index (χ1) is 21.5. The fraction of sp³-hybridized carbons (Fsp3) is 0.879. The quantitative estimate of drug-likeness (QED) is 0.0621. The van der Waals surface area contributed by atoms with Gasteiger partial charge >= 0.3 is 18.9 Å². The van der Waals surface area contributed by atoms with Crippen molar-refractivity contribution in [2.45, 2.75) is 161 Å². The summed E-state index contributed by atoms with van der Waals surface area (Å²) in [5.74, 6) is -4.74. The van der Waals surface area contributed by atoms with Gasteiger partial charge in [0.1, 0.15) is 12.2 Å². The Bertz CT molecular complexity index is 788. The molecule has 12 heteroatoms. The number of carboxylic acids is 2. The Balaban J connectivity index is 0.000000469. The number of rotatable bonds is 25. The molecule has 0 saturated carbocycles. The summed E-state index contributed by atoms with van der Waals surface area (Å²) in [5, 5.41) is 17.1. The minimum atomic E-state index is -3.20. The van der Waals surface area contributed by atoms with E-state index in [2.05, 4.69) is 37.1 Å². The Kier molecular flexibility index (Phi) is 21.1. The van der Waals surface area contributed by atoms with Gasteiger partial charge in [-0.25, -0.2) is 0 Å². The summed E-state index contributed by atoms with van der Waals surface area (Å²) >= 11 is 0. The number of quaternary nitrogens is 1. The molecule has 0 bridgehead atoms. The number of unbranched alkanes of at least 4 members (excludes halogenated alkanes) is 15. The largest absolute Gasteiger partial charge is 0.657 e. The van der Waals surface area contributed by atoms with E-state index in [0.717, 1.165) is 0 Å². The van der Waals surface area contributed by atoms with Crippen molar-refractivity contribution in [3.05, 3.63) is 0 Å². The average molecular weight is 644 g/mol. The SMILES string of the molecule is CCCCCCCC[N+](C)(CCCCCCCC)CCCCCCCC.O=C(O)C[C@@H]1O[B-]2(OC1=O)OC(=O)[C@H](CC(=O)O)O2. The van der Waals surface area contributed by atoms with E-state index in [1.807, 2.05) is 0 Å². The molecule has 0 radical (unpaired) electrons. The number of carbonyl (C=O) groups excluding carboxylic acids is 2. The predicted molar refractivity (Wildman–Crippen MR) is 173 cm³/mol. The zero-order valence-electron chi connectivity index (χ0n) is 28.6. The van der Waals surface area contributed by atoms with Crippen molar-refractivity contribution in [2.24, 2.45) is 0 Å². The molecule has 2 heterocycles. The first kappa shape index (κ1) is 40.8. The van der Waals surface area contributed by atoms with Crippen LogP contribution in [-0.4, -0.2) is 84.4 Å². The smallest absolute Gasteiger partial charge is 0.606 e. The van der Waals surface area contributed by atoms with Crippen LogP contribution in [0.4, 0.5) is 0 Å². The van der Waals surface area contributed by atoms with Crippen molar-refractivity contribution < 1.29 is 52.5 Å². The third-order valence-electron chi connectivity index (χ3n) is 8.58. The maximum Gasteiger partial charge on any atom is 0.657 e. The number of carboxylic acid groups (broad SMARTS) is 2. The molecule has 1 spiro atoms. The van der Waals surface area contributed by atoms with E-state index in [1.54, 1.807) is 0 Å². The number of nitrogens with zero attached hydrogens (tertiary/aromatic N) is 1. The summed E-state index contributed by atoms with van der Waals surface area (Å²) < 4.78 is 20.3. The average Bonchev–Trinajstić information content (AvgIpc) is 3.43. The second-order valence-corrected chi connectivity index (χ2v) is 13.0. The van der Waals surface area contributed by atoms with Crippen molar-refractivity contribution >= 4 is 30.8 Å². The van der Waals surface area contributed by atoms with E-state index in [1.165, 1.54) is 140 Å². The van der Waals surface area contributed by atoms with E-state index in [9.17, 15) is 19.2 Å². The standard InChI is InChI=1S/C25H54N.C8H8BO10/c1-5-8-11-14-17-20-23-26(4,24-21-18-15-12-9-6-2)25-22-19-16-13-10-7-3;10-5(11)1-3-7(14)18-9(16-3)17-4(2-6(12)13)8(15)19-9/h5-25H2,1-4H3;3-4H,1-2H2,(H,10,11)(H,12,13)/q+1;-1/t;3-,4-,9?/m.0/s1. The van der Waals surface area contributed by atoms with E-state index < -0.39 is 55.9 Å². The van der Waals surface area contributed by atoms with Crippen molar-refractivity contribution in [3.63, 3.8) is 0 Å². The van der Waals surface area contributed by atoms with Crippen LogP contribution in [0.5, 0.6) is 0 Å². The van der Waals surface area contributed by atoms with Crippen molar-refractivity contribution in [2.75, 3.05) is 26.7 Å². The molecule has 262 valence electrons. The first-order valence-electron chi connectivity index (χ1n) is 17.7. The Hall–Kier alpha value is -2.18. The van der Waals surface area contributed by atoms with Crippen LogP contribution in [0.1, 0.15) is 149 Å². The highest BCUT2D eigenvalue weighted by molar-refractivity contribution is 6.61. The highest BCUT2D eigenvalue weighted by Gasteiger charge is 2.57. The maximum atomic E-state index is 11.3. The van der Waals surface area contributed by atoms with Crippen LogP contribution in [0, 0.1) is 0 Å². The molecule has 2 atom stereocenters. The summed E-state index contributed by atoms with van der Waals surface area (Å²) in [7, 11) is 2.56. The fourth-order valence-corrected chi connectivity index (χ4v) is 5.85. The van der Waals surface area contributed by atoms with E-state index in [4.69, 9.17) is 19.5 Å². The Morgan fingerprint density at radius 3 is 1.16 bits per heavy atom. The van der Waals surface area contributed by atoms with Gasteiger partial charge in [0.2, 0.25) is 0 Å².